The van der Waals surface area contributed by atoms with Crippen molar-refractivity contribution in [2.75, 3.05) is 0 Å². The Morgan fingerprint density at radius 3 is 2.58 bits per heavy atom. The lowest BCUT2D eigenvalue weighted by Gasteiger charge is -2.01. The second-order valence-electron chi connectivity index (χ2n) is 5.32. The van der Waals surface area contributed by atoms with Gasteiger partial charge in [-0.05, 0) is 25.0 Å². The summed E-state index contributed by atoms with van der Waals surface area (Å²) in [7, 11) is 0. The predicted molar refractivity (Wildman–Crippen MR) is 90.5 cm³/mol. The number of fused-ring (bicyclic) bond motifs is 1. The van der Waals surface area contributed by atoms with Gasteiger partial charge in [0.1, 0.15) is 0 Å². The van der Waals surface area contributed by atoms with Gasteiger partial charge in [-0.3, -0.25) is 14.8 Å². The molecule has 0 fully saturated rings. The maximum absolute atomic E-state index is 11.6. The zero-order chi connectivity index (χ0) is 17.2. The van der Waals surface area contributed by atoms with Crippen LogP contribution < -0.4 is 10.9 Å². The number of aromatic nitrogens is 1. The van der Waals surface area contributed by atoms with Crippen molar-refractivity contribution in [1.29, 1.82) is 0 Å². The van der Waals surface area contributed by atoms with E-state index in [1.807, 2.05) is 36.4 Å². The molecular formula is C17H20N4O3. The lowest BCUT2D eigenvalue weighted by atomic mass is 10.1. The molecule has 1 aromatic heterocycles. The summed E-state index contributed by atoms with van der Waals surface area (Å²) >= 11 is 0. The number of pyridine rings is 1. The minimum absolute atomic E-state index is 0.182. The molecule has 0 aliphatic heterocycles. The van der Waals surface area contributed by atoms with Crippen LogP contribution in [0.25, 0.3) is 10.9 Å². The summed E-state index contributed by atoms with van der Waals surface area (Å²) in [5, 5.41) is 13.3. The summed E-state index contributed by atoms with van der Waals surface area (Å²) in [6.45, 7) is 0. The Labute approximate surface area is 139 Å². The number of hydrazone groups is 1. The predicted octanol–water partition coefficient (Wildman–Crippen LogP) is 2.14. The minimum atomic E-state index is -0.410. The lowest BCUT2D eigenvalue weighted by Crippen LogP contribution is -2.18. The molecular weight excluding hydrogens is 308 g/mol. The number of hydrogen-bond donors (Lipinski definition) is 3. The van der Waals surface area contributed by atoms with Gasteiger partial charge in [0.25, 0.3) is 0 Å². The van der Waals surface area contributed by atoms with Crippen molar-refractivity contribution in [3.05, 3.63) is 42.1 Å². The second kappa shape index (κ2) is 9.36. The van der Waals surface area contributed by atoms with Crippen molar-refractivity contribution in [3.8, 4) is 0 Å². The molecule has 2 rings (SSSR count). The molecule has 7 heteroatoms. The highest BCUT2D eigenvalue weighted by Gasteiger charge is 2.02. The minimum Gasteiger partial charge on any atom is -0.289 e. The largest absolute Gasteiger partial charge is 0.289 e. The first-order chi connectivity index (χ1) is 11.7. The molecule has 3 N–H and O–H groups in total. The molecule has 24 heavy (non-hydrogen) atoms. The second-order valence-corrected chi connectivity index (χ2v) is 5.32. The van der Waals surface area contributed by atoms with E-state index in [0.717, 1.165) is 17.3 Å². The molecule has 0 unspecified atom stereocenters. The topological polar surface area (TPSA) is 104 Å². The van der Waals surface area contributed by atoms with E-state index >= 15 is 0 Å². The number of nitrogens with one attached hydrogen (secondary N) is 2. The summed E-state index contributed by atoms with van der Waals surface area (Å²) in [6, 6.07) is 11.6. The van der Waals surface area contributed by atoms with Crippen molar-refractivity contribution >= 4 is 28.9 Å². The Bertz CT molecular complexity index is 731. The molecule has 0 saturated carbocycles. The number of amides is 2. The Hall–Kier alpha value is -2.80. The van der Waals surface area contributed by atoms with Crippen LogP contribution in [0.5, 0.6) is 0 Å². The number of nitrogens with zero attached hydrogens (tertiary/aromatic N) is 2. The fourth-order valence-electron chi connectivity index (χ4n) is 2.18. The van der Waals surface area contributed by atoms with E-state index in [1.54, 1.807) is 5.48 Å². The van der Waals surface area contributed by atoms with Gasteiger partial charge in [-0.15, -0.1) is 0 Å². The summed E-state index contributed by atoms with van der Waals surface area (Å²) in [5.74, 6) is -0.592. The lowest BCUT2D eigenvalue weighted by molar-refractivity contribution is -0.129. The van der Waals surface area contributed by atoms with Crippen LogP contribution in [-0.4, -0.2) is 28.2 Å². The van der Waals surface area contributed by atoms with E-state index in [0.29, 0.717) is 25.0 Å². The van der Waals surface area contributed by atoms with Crippen LogP contribution >= 0.6 is 0 Å². The van der Waals surface area contributed by atoms with Crippen molar-refractivity contribution in [2.45, 2.75) is 32.1 Å². The van der Waals surface area contributed by atoms with E-state index in [-0.39, 0.29) is 12.3 Å². The molecule has 0 atom stereocenters. The molecule has 1 aromatic carbocycles. The van der Waals surface area contributed by atoms with Crippen molar-refractivity contribution in [1.82, 2.24) is 15.9 Å². The first-order valence-electron chi connectivity index (χ1n) is 7.79. The molecule has 0 saturated heterocycles. The van der Waals surface area contributed by atoms with E-state index < -0.39 is 5.91 Å². The quantitative estimate of drug-likeness (QED) is 0.299. The Balaban J connectivity index is 1.70. The van der Waals surface area contributed by atoms with Gasteiger partial charge in [-0.25, -0.2) is 15.9 Å². The third-order valence-electron chi connectivity index (χ3n) is 3.44. The van der Waals surface area contributed by atoms with Crippen LogP contribution in [0.1, 0.15) is 37.8 Å². The number of carbonyl (C=O) groups is 2. The molecule has 7 nitrogen and oxygen atoms in total. The van der Waals surface area contributed by atoms with Crippen LogP contribution in [-0.2, 0) is 9.59 Å². The molecule has 0 bridgehead atoms. The molecule has 0 aliphatic rings. The van der Waals surface area contributed by atoms with Crippen LogP contribution in [0.2, 0.25) is 0 Å². The highest BCUT2D eigenvalue weighted by Crippen LogP contribution is 2.10. The number of hydroxylamine groups is 1. The SMILES string of the molecule is O=C(CCCCCC(=O)N/N=C/c1ccc2ccccc2n1)NO. The first-order valence-corrected chi connectivity index (χ1v) is 7.79. The van der Waals surface area contributed by atoms with Gasteiger partial charge in [0.05, 0.1) is 17.4 Å². The van der Waals surface area contributed by atoms with Gasteiger partial charge in [0.15, 0.2) is 0 Å². The number of unbranched alkanes of at least 4 members (excludes halogenated alkanes) is 2. The van der Waals surface area contributed by atoms with Crippen molar-refractivity contribution < 1.29 is 14.8 Å². The fraction of sp³-hybridized carbons (Fsp3) is 0.294. The molecule has 1 heterocycles. The smallest absolute Gasteiger partial charge is 0.243 e. The van der Waals surface area contributed by atoms with Crippen LogP contribution in [0.15, 0.2) is 41.5 Å². The average Bonchev–Trinajstić information content (AvgIpc) is 2.61. The average molecular weight is 328 g/mol. The molecule has 0 radical (unpaired) electrons. The van der Waals surface area contributed by atoms with E-state index in [1.165, 1.54) is 6.21 Å². The highest BCUT2D eigenvalue weighted by atomic mass is 16.5. The van der Waals surface area contributed by atoms with E-state index in [9.17, 15) is 9.59 Å². The number of rotatable bonds is 8. The standard InChI is InChI=1S/C17H20N4O3/c22-16(8-2-1-3-9-17(23)21-24)20-18-12-14-11-10-13-6-4-5-7-15(13)19-14/h4-7,10-12,24H,1-3,8-9H2,(H,20,22)(H,21,23)/b18-12+. The summed E-state index contributed by atoms with van der Waals surface area (Å²) in [4.78, 5) is 26.9. The number of benzene rings is 1. The number of hydrogen-bond acceptors (Lipinski definition) is 5. The zero-order valence-corrected chi connectivity index (χ0v) is 13.2. The monoisotopic (exact) mass is 328 g/mol. The van der Waals surface area contributed by atoms with Crippen LogP contribution in [0, 0.1) is 0 Å². The van der Waals surface area contributed by atoms with E-state index in [4.69, 9.17) is 5.21 Å². The van der Waals surface area contributed by atoms with Gasteiger partial charge >= 0.3 is 0 Å². The third-order valence-corrected chi connectivity index (χ3v) is 3.44. The van der Waals surface area contributed by atoms with Gasteiger partial charge in [0, 0.05) is 18.2 Å². The van der Waals surface area contributed by atoms with Crippen LogP contribution in [0.3, 0.4) is 0 Å². The molecule has 2 aromatic rings. The normalized spacial score (nSPS) is 10.9. The van der Waals surface area contributed by atoms with Gasteiger partial charge in [-0.1, -0.05) is 30.7 Å². The molecule has 0 spiro atoms. The zero-order valence-electron chi connectivity index (χ0n) is 13.2. The van der Waals surface area contributed by atoms with Gasteiger partial charge in [0.2, 0.25) is 11.8 Å². The van der Waals surface area contributed by atoms with E-state index in [2.05, 4.69) is 15.5 Å². The third kappa shape index (κ3) is 5.77. The summed E-state index contributed by atoms with van der Waals surface area (Å²) in [6.07, 6.45) is 4.12. The summed E-state index contributed by atoms with van der Waals surface area (Å²) < 4.78 is 0. The van der Waals surface area contributed by atoms with Crippen molar-refractivity contribution in [2.24, 2.45) is 5.10 Å². The van der Waals surface area contributed by atoms with Gasteiger partial charge < -0.3 is 0 Å². The number of para-hydroxylation sites is 1. The Kier molecular flexibility index (Phi) is 6.85. The number of carbonyl (C=O) groups excluding carboxylic acids is 2. The Morgan fingerprint density at radius 1 is 1.04 bits per heavy atom. The van der Waals surface area contributed by atoms with Gasteiger partial charge in [-0.2, -0.15) is 5.10 Å². The molecule has 0 aliphatic carbocycles. The first kappa shape index (κ1) is 17.6. The summed E-state index contributed by atoms with van der Waals surface area (Å²) in [5.41, 5.74) is 5.58. The maximum Gasteiger partial charge on any atom is 0.243 e. The fourth-order valence-corrected chi connectivity index (χ4v) is 2.18. The van der Waals surface area contributed by atoms with Crippen molar-refractivity contribution in [3.63, 3.8) is 0 Å². The maximum atomic E-state index is 11.6. The van der Waals surface area contributed by atoms with Crippen LogP contribution in [0.4, 0.5) is 0 Å². The highest BCUT2D eigenvalue weighted by molar-refractivity contribution is 5.85. The molecule has 126 valence electrons. The molecule has 2 amide bonds. The Morgan fingerprint density at radius 2 is 1.79 bits per heavy atom.